The molecule has 2 heterocycles. The summed E-state index contributed by atoms with van der Waals surface area (Å²) in [5.41, 5.74) is 1.16. The van der Waals surface area contributed by atoms with E-state index in [1.807, 2.05) is 16.9 Å². The van der Waals surface area contributed by atoms with Crippen molar-refractivity contribution in [1.82, 2.24) is 25.4 Å². The van der Waals surface area contributed by atoms with Crippen molar-refractivity contribution in [3.63, 3.8) is 0 Å². The summed E-state index contributed by atoms with van der Waals surface area (Å²) < 4.78 is 1.94. The van der Waals surface area contributed by atoms with E-state index in [4.69, 9.17) is 0 Å². The first-order chi connectivity index (χ1) is 10.8. The number of rotatable bonds is 8. The zero-order valence-corrected chi connectivity index (χ0v) is 14.1. The molecule has 0 aliphatic heterocycles. The fourth-order valence-corrected chi connectivity index (χ4v) is 2.82. The average molecular weight is 320 g/mol. The van der Waals surface area contributed by atoms with Crippen LogP contribution in [0.3, 0.4) is 0 Å². The van der Waals surface area contributed by atoms with Gasteiger partial charge >= 0.3 is 0 Å². The summed E-state index contributed by atoms with van der Waals surface area (Å²) in [5.74, 6) is 0.839. The third kappa shape index (κ3) is 5.48. The molecular weight excluding hydrogens is 296 g/mol. The van der Waals surface area contributed by atoms with Crippen LogP contribution < -0.4 is 10.6 Å². The van der Waals surface area contributed by atoms with Crippen LogP contribution in [0.25, 0.3) is 0 Å². The Morgan fingerprint density at radius 1 is 1.36 bits per heavy atom. The van der Waals surface area contributed by atoms with E-state index in [0.717, 1.165) is 50.6 Å². The van der Waals surface area contributed by atoms with Gasteiger partial charge in [0.05, 0.1) is 10.7 Å². The summed E-state index contributed by atoms with van der Waals surface area (Å²) in [7, 11) is 1.79. The van der Waals surface area contributed by atoms with Gasteiger partial charge in [-0.2, -0.15) is 5.10 Å². The molecule has 2 aromatic rings. The molecular formula is C15H24N6S. The van der Waals surface area contributed by atoms with Gasteiger partial charge in [0.2, 0.25) is 0 Å². The number of hydrogen-bond donors (Lipinski definition) is 2. The van der Waals surface area contributed by atoms with Crippen molar-refractivity contribution in [3.05, 3.63) is 34.5 Å². The highest BCUT2D eigenvalue weighted by Crippen LogP contribution is 2.10. The lowest BCUT2D eigenvalue weighted by molar-refractivity contribution is 0.570. The molecule has 7 heteroatoms. The summed E-state index contributed by atoms with van der Waals surface area (Å²) in [5, 5.41) is 14.2. The van der Waals surface area contributed by atoms with Crippen molar-refractivity contribution in [2.75, 3.05) is 20.1 Å². The van der Waals surface area contributed by atoms with Crippen molar-refractivity contribution in [2.45, 2.75) is 32.7 Å². The number of nitrogens with one attached hydrogen (secondary N) is 2. The van der Waals surface area contributed by atoms with E-state index < -0.39 is 0 Å². The molecule has 22 heavy (non-hydrogen) atoms. The maximum Gasteiger partial charge on any atom is 0.190 e. The molecule has 0 spiro atoms. The van der Waals surface area contributed by atoms with E-state index >= 15 is 0 Å². The van der Waals surface area contributed by atoms with Crippen LogP contribution in [0.4, 0.5) is 0 Å². The zero-order chi connectivity index (χ0) is 15.6. The summed E-state index contributed by atoms with van der Waals surface area (Å²) in [4.78, 5) is 8.79. The Labute approximate surface area is 135 Å². The van der Waals surface area contributed by atoms with Gasteiger partial charge in [0.25, 0.3) is 0 Å². The number of hydrogen-bond acceptors (Lipinski definition) is 4. The van der Waals surface area contributed by atoms with Gasteiger partial charge in [-0.05, 0) is 18.9 Å². The summed E-state index contributed by atoms with van der Waals surface area (Å²) in [6.07, 6.45) is 6.72. The van der Waals surface area contributed by atoms with Crippen LogP contribution in [0.2, 0.25) is 0 Å². The minimum Gasteiger partial charge on any atom is -0.356 e. The van der Waals surface area contributed by atoms with E-state index in [1.54, 1.807) is 24.6 Å². The fraction of sp³-hybridized carbons (Fsp3) is 0.533. The first kappa shape index (κ1) is 16.5. The quantitative estimate of drug-likeness (QED) is 0.441. The second-order valence-electron chi connectivity index (χ2n) is 4.88. The molecule has 0 aliphatic carbocycles. The van der Waals surface area contributed by atoms with Crippen LogP contribution in [0.5, 0.6) is 0 Å². The molecule has 0 aliphatic rings. The number of guanidine groups is 1. The predicted octanol–water partition coefficient (Wildman–Crippen LogP) is 1.70. The smallest absolute Gasteiger partial charge is 0.190 e. The van der Waals surface area contributed by atoms with Gasteiger partial charge in [-0.25, -0.2) is 4.98 Å². The average Bonchev–Trinajstić information content (AvgIpc) is 3.21. The summed E-state index contributed by atoms with van der Waals surface area (Å²) in [6.45, 7) is 4.76. The lowest BCUT2D eigenvalue weighted by Gasteiger charge is -2.11. The lowest BCUT2D eigenvalue weighted by atomic mass is 10.3. The molecule has 0 amide bonds. The van der Waals surface area contributed by atoms with Crippen molar-refractivity contribution < 1.29 is 0 Å². The molecule has 2 N–H and O–H groups in total. The topological polar surface area (TPSA) is 67.1 Å². The van der Waals surface area contributed by atoms with E-state index in [9.17, 15) is 0 Å². The maximum absolute atomic E-state index is 4.56. The number of thiazole rings is 1. The van der Waals surface area contributed by atoms with Gasteiger partial charge in [-0.1, -0.05) is 6.92 Å². The summed E-state index contributed by atoms with van der Waals surface area (Å²) in [6, 6.07) is 1.94. The van der Waals surface area contributed by atoms with Crippen LogP contribution in [0.1, 0.15) is 24.0 Å². The van der Waals surface area contributed by atoms with Crippen LogP contribution in [-0.2, 0) is 19.4 Å². The van der Waals surface area contributed by atoms with E-state index in [0.29, 0.717) is 0 Å². The van der Waals surface area contributed by atoms with Crippen molar-refractivity contribution in [3.8, 4) is 0 Å². The highest BCUT2D eigenvalue weighted by Gasteiger charge is 2.01. The van der Waals surface area contributed by atoms with Crippen LogP contribution in [0.15, 0.2) is 28.8 Å². The molecule has 2 aromatic heterocycles. The van der Waals surface area contributed by atoms with Crippen LogP contribution in [0, 0.1) is 0 Å². The van der Waals surface area contributed by atoms with Gasteiger partial charge in [0.1, 0.15) is 0 Å². The van der Waals surface area contributed by atoms with Crippen LogP contribution >= 0.6 is 11.3 Å². The van der Waals surface area contributed by atoms with E-state index in [1.165, 1.54) is 5.01 Å². The maximum atomic E-state index is 4.56. The van der Waals surface area contributed by atoms with Crippen LogP contribution in [-0.4, -0.2) is 40.9 Å². The SMILES string of the molecule is CCc1nc(CCNC(=NC)NCCCn2cccn2)cs1. The van der Waals surface area contributed by atoms with Gasteiger partial charge in [-0.3, -0.25) is 9.67 Å². The number of aliphatic imine (C=N–C) groups is 1. The molecule has 6 nitrogen and oxygen atoms in total. The lowest BCUT2D eigenvalue weighted by Crippen LogP contribution is -2.39. The number of aromatic nitrogens is 3. The third-order valence-corrected chi connectivity index (χ3v) is 4.26. The van der Waals surface area contributed by atoms with Gasteiger partial charge in [0.15, 0.2) is 5.96 Å². The Hall–Kier alpha value is -1.89. The van der Waals surface area contributed by atoms with Crippen molar-refractivity contribution in [2.24, 2.45) is 4.99 Å². The van der Waals surface area contributed by atoms with Crippen molar-refractivity contribution >= 4 is 17.3 Å². The second-order valence-corrected chi connectivity index (χ2v) is 5.83. The largest absolute Gasteiger partial charge is 0.356 e. The van der Waals surface area contributed by atoms with Gasteiger partial charge in [0, 0.05) is 50.9 Å². The molecule has 0 radical (unpaired) electrons. The van der Waals surface area contributed by atoms with E-state index in [2.05, 4.69) is 38.0 Å². The number of aryl methyl sites for hydroxylation is 2. The molecule has 120 valence electrons. The normalized spacial score (nSPS) is 11.6. The highest BCUT2D eigenvalue weighted by molar-refractivity contribution is 7.09. The second kappa shape index (κ2) is 9.19. The van der Waals surface area contributed by atoms with E-state index in [-0.39, 0.29) is 0 Å². The first-order valence-electron chi connectivity index (χ1n) is 7.67. The standard InChI is InChI=1S/C15H24N6S/c1-3-14-20-13(12-22-14)6-9-18-15(16-2)17-7-4-10-21-11-5-8-19-21/h5,8,11-12H,3-4,6-7,9-10H2,1-2H3,(H2,16,17,18). The van der Waals surface area contributed by atoms with Gasteiger partial charge in [-0.15, -0.1) is 11.3 Å². The third-order valence-electron chi connectivity index (χ3n) is 3.21. The minimum absolute atomic E-state index is 0.839. The minimum atomic E-state index is 0.839. The Kier molecular flexibility index (Phi) is 6.89. The Morgan fingerprint density at radius 2 is 2.23 bits per heavy atom. The molecule has 0 bridgehead atoms. The molecule has 0 saturated heterocycles. The highest BCUT2D eigenvalue weighted by atomic mass is 32.1. The summed E-state index contributed by atoms with van der Waals surface area (Å²) >= 11 is 1.74. The van der Waals surface area contributed by atoms with Crippen molar-refractivity contribution in [1.29, 1.82) is 0 Å². The Bertz CT molecular complexity index is 560. The Balaban J connectivity index is 1.60. The predicted molar refractivity (Wildman–Crippen MR) is 91.4 cm³/mol. The molecule has 0 saturated carbocycles. The monoisotopic (exact) mass is 320 g/mol. The molecule has 0 aromatic carbocycles. The molecule has 0 unspecified atom stereocenters. The first-order valence-corrected chi connectivity index (χ1v) is 8.55. The van der Waals surface area contributed by atoms with Gasteiger partial charge < -0.3 is 10.6 Å². The molecule has 0 atom stereocenters. The fourth-order valence-electron chi connectivity index (χ4n) is 2.04. The molecule has 0 fully saturated rings. The Morgan fingerprint density at radius 3 is 2.91 bits per heavy atom. The number of nitrogens with zero attached hydrogens (tertiary/aromatic N) is 4. The zero-order valence-electron chi connectivity index (χ0n) is 13.2. The molecule has 2 rings (SSSR count).